The second-order valence-corrected chi connectivity index (χ2v) is 5.30. The lowest BCUT2D eigenvalue weighted by molar-refractivity contribution is 0.0819. The predicted molar refractivity (Wildman–Crippen MR) is 66.0 cm³/mol. The molecule has 0 aromatic heterocycles. The van der Waals surface area contributed by atoms with Gasteiger partial charge in [0.05, 0.1) is 5.56 Å². The molecule has 0 atom stereocenters. The zero-order valence-corrected chi connectivity index (χ0v) is 10.8. The van der Waals surface area contributed by atoms with Crippen LogP contribution in [0.4, 0.5) is 0 Å². The van der Waals surface area contributed by atoms with E-state index in [1.807, 2.05) is 20.8 Å². The van der Waals surface area contributed by atoms with Crippen LogP contribution in [-0.4, -0.2) is 17.0 Å². The number of carbonyl (C=O) groups excluding carboxylic acids is 1. The molecule has 0 saturated heterocycles. The summed E-state index contributed by atoms with van der Waals surface area (Å²) in [5, 5.41) is 9.99. The van der Waals surface area contributed by atoms with Crippen molar-refractivity contribution in [3.8, 4) is 11.5 Å². The van der Waals surface area contributed by atoms with E-state index in [0.29, 0.717) is 16.9 Å². The molecule has 0 amide bonds. The first-order valence-corrected chi connectivity index (χ1v) is 5.86. The molecule has 1 aromatic rings. The zero-order chi connectivity index (χ0) is 12.8. The molecule has 0 bridgehead atoms. The molecule has 0 spiro atoms. The average molecular weight is 234 g/mol. The third-order valence-corrected chi connectivity index (χ3v) is 3.56. The first-order valence-electron chi connectivity index (χ1n) is 5.86. The molecule has 1 heterocycles. The maximum atomic E-state index is 11.2. The Balaban J connectivity index is 2.71. The highest BCUT2D eigenvalue weighted by molar-refractivity contribution is 5.85. The number of aldehydes is 1. The predicted octanol–water partition coefficient (Wildman–Crippen LogP) is 2.93. The molecular weight excluding hydrogens is 216 g/mol. The van der Waals surface area contributed by atoms with Gasteiger partial charge in [-0.05, 0) is 46.1 Å². The van der Waals surface area contributed by atoms with Crippen LogP contribution in [0.3, 0.4) is 0 Å². The van der Waals surface area contributed by atoms with E-state index >= 15 is 0 Å². The summed E-state index contributed by atoms with van der Waals surface area (Å²) in [5.74, 6) is 0.873. The highest BCUT2D eigenvalue weighted by Gasteiger charge is 2.31. The fourth-order valence-corrected chi connectivity index (χ4v) is 2.37. The number of ether oxygens (including phenoxy) is 1. The molecule has 3 nitrogen and oxygen atoms in total. The maximum absolute atomic E-state index is 11.2. The number of hydrogen-bond donors (Lipinski definition) is 1. The summed E-state index contributed by atoms with van der Waals surface area (Å²) in [4.78, 5) is 11.2. The van der Waals surface area contributed by atoms with E-state index in [1.165, 1.54) is 0 Å². The minimum absolute atomic E-state index is 0.217. The van der Waals surface area contributed by atoms with Gasteiger partial charge in [0.15, 0.2) is 6.29 Å². The first kappa shape index (κ1) is 12.0. The van der Waals surface area contributed by atoms with Crippen LogP contribution in [0.15, 0.2) is 0 Å². The first-order chi connectivity index (χ1) is 7.87. The third kappa shape index (κ3) is 1.79. The minimum atomic E-state index is -0.249. The van der Waals surface area contributed by atoms with Gasteiger partial charge >= 0.3 is 0 Å². The topological polar surface area (TPSA) is 46.5 Å². The van der Waals surface area contributed by atoms with Crippen LogP contribution in [0.5, 0.6) is 11.5 Å². The molecule has 0 unspecified atom stereocenters. The molecule has 1 aliphatic heterocycles. The lowest BCUT2D eigenvalue weighted by Crippen LogP contribution is -2.33. The monoisotopic (exact) mass is 234 g/mol. The van der Waals surface area contributed by atoms with E-state index in [0.717, 1.165) is 30.3 Å². The lowest BCUT2D eigenvalue weighted by Gasteiger charge is -2.34. The molecule has 3 heteroatoms. The molecular formula is C14H18O3. The van der Waals surface area contributed by atoms with Crippen molar-refractivity contribution in [1.82, 2.24) is 0 Å². The highest BCUT2D eigenvalue weighted by atomic mass is 16.5. The van der Waals surface area contributed by atoms with Crippen LogP contribution in [0.25, 0.3) is 0 Å². The Morgan fingerprint density at radius 3 is 2.53 bits per heavy atom. The molecule has 0 fully saturated rings. The third-order valence-electron chi connectivity index (χ3n) is 3.56. The summed E-state index contributed by atoms with van der Waals surface area (Å²) in [6.45, 7) is 7.65. The Bertz CT molecular complexity index is 487. The number of rotatable bonds is 1. The molecule has 1 aromatic carbocycles. The van der Waals surface area contributed by atoms with Crippen molar-refractivity contribution >= 4 is 6.29 Å². The van der Waals surface area contributed by atoms with Crippen molar-refractivity contribution < 1.29 is 14.6 Å². The number of phenols is 1. The van der Waals surface area contributed by atoms with Gasteiger partial charge in [0.1, 0.15) is 17.1 Å². The number of fused-ring (bicyclic) bond motifs is 1. The van der Waals surface area contributed by atoms with Gasteiger partial charge in [-0.2, -0.15) is 0 Å². The number of phenolic OH excluding ortho intramolecular Hbond substituents is 1. The molecule has 1 N–H and O–H groups in total. The summed E-state index contributed by atoms with van der Waals surface area (Å²) < 4.78 is 5.92. The van der Waals surface area contributed by atoms with E-state index in [1.54, 1.807) is 6.92 Å². The number of carbonyl (C=O) groups is 1. The Labute approximate surface area is 101 Å². The van der Waals surface area contributed by atoms with Gasteiger partial charge in [-0.3, -0.25) is 4.79 Å². The highest BCUT2D eigenvalue weighted by Crippen LogP contribution is 2.42. The van der Waals surface area contributed by atoms with Gasteiger partial charge in [0, 0.05) is 11.1 Å². The summed E-state index contributed by atoms with van der Waals surface area (Å²) in [5.41, 5.74) is 2.64. The van der Waals surface area contributed by atoms with Crippen molar-refractivity contribution in [3.05, 3.63) is 22.3 Å². The summed E-state index contributed by atoms with van der Waals surface area (Å²) >= 11 is 0. The maximum Gasteiger partial charge on any atom is 0.154 e. The average Bonchev–Trinajstić information content (AvgIpc) is 2.26. The van der Waals surface area contributed by atoms with Crippen molar-refractivity contribution in [2.24, 2.45) is 0 Å². The normalized spacial score (nSPS) is 17.2. The smallest absolute Gasteiger partial charge is 0.154 e. The van der Waals surface area contributed by atoms with E-state index < -0.39 is 0 Å². The van der Waals surface area contributed by atoms with Gasteiger partial charge in [-0.25, -0.2) is 0 Å². The molecule has 0 aliphatic carbocycles. The fraction of sp³-hybridized carbons (Fsp3) is 0.500. The number of aromatic hydroxyl groups is 1. The van der Waals surface area contributed by atoms with Crippen LogP contribution < -0.4 is 4.74 Å². The van der Waals surface area contributed by atoms with E-state index in [2.05, 4.69) is 0 Å². The molecule has 92 valence electrons. The zero-order valence-electron chi connectivity index (χ0n) is 10.8. The largest absolute Gasteiger partial charge is 0.507 e. The summed E-state index contributed by atoms with van der Waals surface area (Å²) in [6, 6.07) is 0. The number of benzene rings is 1. The van der Waals surface area contributed by atoms with Crippen molar-refractivity contribution in [1.29, 1.82) is 0 Å². The van der Waals surface area contributed by atoms with E-state index in [-0.39, 0.29) is 11.4 Å². The van der Waals surface area contributed by atoms with Crippen LogP contribution in [0, 0.1) is 13.8 Å². The van der Waals surface area contributed by atoms with Gasteiger partial charge < -0.3 is 9.84 Å². The molecule has 1 aliphatic rings. The van der Waals surface area contributed by atoms with E-state index in [9.17, 15) is 9.90 Å². The van der Waals surface area contributed by atoms with Gasteiger partial charge in [-0.1, -0.05) is 0 Å². The molecule has 17 heavy (non-hydrogen) atoms. The van der Waals surface area contributed by atoms with Crippen LogP contribution >= 0.6 is 0 Å². The Kier molecular flexibility index (Phi) is 2.64. The Morgan fingerprint density at radius 1 is 1.29 bits per heavy atom. The number of hydrogen-bond acceptors (Lipinski definition) is 3. The van der Waals surface area contributed by atoms with E-state index in [4.69, 9.17) is 4.74 Å². The molecule has 2 rings (SSSR count). The Morgan fingerprint density at radius 2 is 1.94 bits per heavy atom. The minimum Gasteiger partial charge on any atom is -0.507 e. The standard InChI is InChI=1S/C14H18O3/c1-8-10-5-6-14(3,4)17-13(10)11(7-15)9(2)12(8)16/h7,16H,5-6H2,1-4H3. The quantitative estimate of drug-likeness (QED) is 0.760. The van der Waals surface area contributed by atoms with Crippen molar-refractivity contribution in [3.63, 3.8) is 0 Å². The van der Waals surface area contributed by atoms with Crippen LogP contribution in [0.1, 0.15) is 47.3 Å². The van der Waals surface area contributed by atoms with Crippen LogP contribution in [0.2, 0.25) is 0 Å². The lowest BCUT2D eigenvalue weighted by atomic mass is 9.88. The van der Waals surface area contributed by atoms with Gasteiger partial charge in [-0.15, -0.1) is 0 Å². The Hall–Kier alpha value is -1.51. The van der Waals surface area contributed by atoms with Crippen LogP contribution in [-0.2, 0) is 6.42 Å². The molecule has 0 radical (unpaired) electrons. The second kappa shape index (κ2) is 3.76. The van der Waals surface area contributed by atoms with Crippen molar-refractivity contribution in [2.45, 2.75) is 46.1 Å². The van der Waals surface area contributed by atoms with Gasteiger partial charge in [0.25, 0.3) is 0 Å². The fourth-order valence-electron chi connectivity index (χ4n) is 2.37. The second-order valence-electron chi connectivity index (χ2n) is 5.30. The SMILES string of the molecule is Cc1c(O)c(C)c2c(c1C=O)OC(C)(C)CC2. The summed E-state index contributed by atoms with van der Waals surface area (Å²) in [7, 11) is 0. The summed E-state index contributed by atoms with van der Waals surface area (Å²) in [6.07, 6.45) is 2.50. The molecule has 0 saturated carbocycles. The van der Waals surface area contributed by atoms with Gasteiger partial charge in [0.2, 0.25) is 0 Å². The van der Waals surface area contributed by atoms with Crippen molar-refractivity contribution in [2.75, 3.05) is 0 Å².